The van der Waals surface area contributed by atoms with Gasteiger partial charge in [-0.15, -0.1) is 0 Å². The molecule has 1 aliphatic rings. The summed E-state index contributed by atoms with van der Waals surface area (Å²) in [7, 11) is 0. The van der Waals surface area contributed by atoms with Crippen LogP contribution in [0.15, 0.2) is 4.99 Å². The van der Waals surface area contributed by atoms with Crippen molar-refractivity contribution in [3.8, 4) is 0 Å². The maximum atomic E-state index is 11.2. The first-order valence-corrected chi connectivity index (χ1v) is 5.19. The maximum Gasteiger partial charge on any atom is 0.252 e. The molecule has 0 saturated heterocycles. The van der Waals surface area contributed by atoms with Crippen LogP contribution in [0.4, 0.5) is 0 Å². The van der Waals surface area contributed by atoms with Crippen LogP contribution in [0.3, 0.4) is 0 Å². The first-order valence-electron chi connectivity index (χ1n) is 4.04. The first-order chi connectivity index (χ1) is 5.56. The summed E-state index contributed by atoms with van der Waals surface area (Å²) >= 11 is 1.76. The van der Waals surface area contributed by atoms with Gasteiger partial charge >= 0.3 is 0 Å². The zero-order valence-electron chi connectivity index (χ0n) is 7.68. The Balaban J connectivity index is 2.54. The molecule has 1 N–H and O–H groups in total. The second-order valence-corrected chi connectivity index (χ2v) is 4.48. The average molecular weight is 186 g/mol. The topological polar surface area (TPSA) is 41.5 Å². The number of amides is 1. The molecule has 0 bridgehead atoms. The summed E-state index contributed by atoms with van der Waals surface area (Å²) < 4.78 is 0. The van der Waals surface area contributed by atoms with E-state index in [1.54, 1.807) is 11.8 Å². The average Bonchev–Trinajstić information content (AvgIpc) is 2.22. The minimum absolute atomic E-state index is 0.00852. The van der Waals surface area contributed by atoms with Crippen LogP contribution in [0.1, 0.15) is 20.8 Å². The van der Waals surface area contributed by atoms with Crippen LogP contribution in [0.25, 0.3) is 0 Å². The Morgan fingerprint density at radius 1 is 1.58 bits per heavy atom. The number of aliphatic imine (C=N–C) groups is 1. The first kappa shape index (κ1) is 9.58. The van der Waals surface area contributed by atoms with Crippen molar-refractivity contribution in [3.05, 3.63) is 0 Å². The van der Waals surface area contributed by atoms with Gasteiger partial charge in [0.25, 0.3) is 5.91 Å². The summed E-state index contributed by atoms with van der Waals surface area (Å²) in [4.78, 5) is 15.5. The Labute approximate surface area is 77.0 Å². The molecule has 0 radical (unpaired) electrons. The Kier molecular flexibility index (Phi) is 2.77. The fourth-order valence-corrected chi connectivity index (χ4v) is 1.50. The van der Waals surface area contributed by atoms with Crippen molar-refractivity contribution in [3.63, 3.8) is 0 Å². The lowest BCUT2D eigenvalue weighted by Gasteiger charge is -2.07. The molecule has 0 aromatic carbocycles. The molecule has 0 aromatic heterocycles. The molecule has 0 aromatic rings. The number of hydrogen-bond donors (Lipinski definition) is 1. The molecule has 1 heterocycles. The van der Waals surface area contributed by atoms with Gasteiger partial charge in [-0.25, -0.2) is 0 Å². The number of hydrogen-bond acceptors (Lipinski definition) is 3. The van der Waals surface area contributed by atoms with E-state index >= 15 is 0 Å². The van der Waals surface area contributed by atoms with Gasteiger partial charge in [0.1, 0.15) is 11.4 Å². The monoisotopic (exact) mass is 186 g/mol. The van der Waals surface area contributed by atoms with Gasteiger partial charge in [0.15, 0.2) is 0 Å². The third-order valence-corrected chi connectivity index (χ3v) is 2.56. The Morgan fingerprint density at radius 2 is 2.25 bits per heavy atom. The molecule has 0 unspecified atom stereocenters. The highest BCUT2D eigenvalue weighted by molar-refractivity contribution is 7.99. The summed E-state index contributed by atoms with van der Waals surface area (Å²) in [5.74, 6) is 2.69. The number of nitrogens with zero attached hydrogens (tertiary/aromatic N) is 1. The van der Waals surface area contributed by atoms with E-state index < -0.39 is 5.54 Å². The molecule has 68 valence electrons. The highest BCUT2D eigenvalue weighted by Gasteiger charge is 2.33. The molecule has 0 aliphatic carbocycles. The quantitative estimate of drug-likeness (QED) is 0.715. The van der Waals surface area contributed by atoms with E-state index in [4.69, 9.17) is 0 Å². The van der Waals surface area contributed by atoms with E-state index in [1.807, 2.05) is 13.8 Å². The summed E-state index contributed by atoms with van der Waals surface area (Å²) in [6.45, 7) is 5.74. The molecular weight excluding hydrogens is 172 g/mol. The summed E-state index contributed by atoms with van der Waals surface area (Å²) in [5, 5.41) is 2.77. The highest BCUT2D eigenvalue weighted by atomic mass is 32.2. The van der Waals surface area contributed by atoms with E-state index in [0.29, 0.717) is 0 Å². The largest absolute Gasteiger partial charge is 0.312 e. The number of nitrogens with one attached hydrogen (secondary N) is 1. The predicted molar refractivity (Wildman–Crippen MR) is 52.7 cm³/mol. The molecule has 1 amide bonds. The molecule has 1 aliphatic heterocycles. The molecule has 0 saturated carbocycles. The van der Waals surface area contributed by atoms with Gasteiger partial charge in [-0.05, 0) is 19.6 Å². The number of carbonyl (C=O) groups excluding carboxylic acids is 1. The molecule has 1 rings (SSSR count). The molecule has 0 atom stereocenters. The predicted octanol–water partition coefficient (Wildman–Crippen LogP) is 1.05. The van der Waals surface area contributed by atoms with Gasteiger partial charge in [0.05, 0.1) is 5.75 Å². The van der Waals surface area contributed by atoms with E-state index in [-0.39, 0.29) is 5.91 Å². The zero-order valence-corrected chi connectivity index (χ0v) is 8.49. The Morgan fingerprint density at radius 3 is 2.67 bits per heavy atom. The minimum Gasteiger partial charge on any atom is -0.312 e. The van der Waals surface area contributed by atoms with Crippen molar-refractivity contribution in [2.24, 2.45) is 4.99 Å². The van der Waals surface area contributed by atoms with E-state index in [9.17, 15) is 4.79 Å². The van der Waals surface area contributed by atoms with E-state index in [2.05, 4.69) is 17.2 Å². The SMILES string of the molecule is CCSCC1=NC(C)(C)C(=O)N1. The van der Waals surface area contributed by atoms with Gasteiger partial charge in [0, 0.05) is 0 Å². The molecule has 3 nitrogen and oxygen atoms in total. The van der Waals surface area contributed by atoms with Crippen LogP contribution < -0.4 is 5.32 Å². The molecular formula is C8H14N2OS. The maximum absolute atomic E-state index is 11.2. The van der Waals surface area contributed by atoms with Crippen LogP contribution in [-0.2, 0) is 4.79 Å². The molecule has 0 spiro atoms. The lowest BCUT2D eigenvalue weighted by Crippen LogP contribution is -2.34. The molecule has 12 heavy (non-hydrogen) atoms. The van der Waals surface area contributed by atoms with E-state index in [1.165, 1.54) is 0 Å². The second-order valence-electron chi connectivity index (χ2n) is 3.21. The van der Waals surface area contributed by atoms with Gasteiger partial charge in [-0.2, -0.15) is 11.8 Å². The van der Waals surface area contributed by atoms with Crippen LogP contribution in [0.2, 0.25) is 0 Å². The second kappa shape index (κ2) is 3.47. The minimum atomic E-state index is -0.552. The molecule has 0 fully saturated rings. The Bertz CT molecular complexity index is 223. The van der Waals surface area contributed by atoms with Crippen LogP contribution in [-0.4, -0.2) is 28.8 Å². The van der Waals surface area contributed by atoms with Crippen LogP contribution >= 0.6 is 11.8 Å². The summed E-state index contributed by atoms with van der Waals surface area (Å²) in [5.41, 5.74) is -0.552. The number of carbonyl (C=O) groups is 1. The Hall–Kier alpha value is -0.510. The summed E-state index contributed by atoms with van der Waals surface area (Å²) in [6, 6.07) is 0. The third kappa shape index (κ3) is 2.00. The third-order valence-electron chi connectivity index (χ3n) is 1.67. The van der Waals surface area contributed by atoms with Crippen molar-refractivity contribution in [1.82, 2.24) is 5.32 Å². The van der Waals surface area contributed by atoms with Crippen molar-refractivity contribution < 1.29 is 4.79 Å². The number of rotatable bonds is 3. The highest BCUT2D eigenvalue weighted by Crippen LogP contribution is 2.15. The zero-order chi connectivity index (χ0) is 9.19. The van der Waals surface area contributed by atoms with E-state index in [0.717, 1.165) is 17.3 Å². The number of thioether (sulfide) groups is 1. The van der Waals surface area contributed by atoms with Gasteiger partial charge < -0.3 is 5.32 Å². The van der Waals surface area contributed by atoms with Gasteiger partial charge in [0.2, 0.25) is 0 Å². The van der Waals surface area contributed by atoms with Gasteiger partial charge in [-0.3, -0.25) is 9.79 Å². The van der Waals surface area contributed by atoms with Crippen LogP contribution in [0.5, 0.6) is 0 Å². The lowest BCUT2D eigenvalue weighted by molar-refractivity contribution is -0.122. The van der Waals surface area contributed by atoms with Crippen molar-refractivity contribution in [1.29, 1.82) is 0 Å². The fraction of sp³-hybridized carbons (Fsp3) is 0.750. The summed E-state index contributed by atoms with van der Waals surface area (Å²) in [6.07, 6.45) is 0. The standard InChI is InChI=1S/C8H14N2OS/c1-4-12-5-6-9-7(11)8(2,3)10-6/h4-5H2,1-3H3,(H,9,10,11). The van der Waals surface area contributed by atoms with Crippen molar-refractivity contribution in [2.45, 2.75) is 26.3 Å². The number of amidine groups is 1. The van der Waals surface area contributed by atoms with Gasteiger partial charge in [-0.1, -0.05) is 6.92 Å². The lowest BCUT2D eigenvalue weighted by atomic mass is 10.1. The molecule has 4 heteroatoms. The fourth-order valence-electron chi connectivity index (χ4n) is 0.967. The van der Waals surface area contributed by atoms with Crippen LogP contribution in [0, 0.1) is 0 Å². The van der Waals surface area contributed by atoms with Crippen molar-refractivity contribution >= 4 is 23.5 Å². The van der Waals surface area contributed by atoms with Crippen molar-refractivity contribution in [2.75, 3.05) is 11.5 Å². The normalized spacial score (nSPS) is 20.6. The smallest absolute Gasteiger partial charge is 0.252 e.